The van der Waals surface area contributed by atoms with Crippen LogP contribution in [0, 0.1) is 0 Å². The van der Waals surface area contributed by atoms with Gasteiger partial charge in [0.15, 0.2) is 0 Å². The lowest BCUT2D eigenvalue weighted by atomic mass is 9.94. The summed E-state index contributed by atoms with van der Waals surface area (Å²) in [6.45, 7) is 2.41. The number of aryl methyl sites for hydroxylation is 2. The van der Waals surface area contributed by atoms with E-state index in [1.807, 2.05) is 0 Å². The summed E-state index contributed by atoms with van der Waals surface area (Å²) in [4.78, 5) is 0. The molecule has 0 bridgehead atoms. The molecule has 0 aliphatic heterocycles. The van der Waals surface area contributed by atoms with E-state index in [-0.39, 0.29) is 6.61 Å². The molecule has 1 atom stereocenters. The molecule has 14 heavy (non-hydrogen) atoms. The molecule has 1 aromatic carbocycles. The van der Waals surface area contributed by atoms with Crippen LogP contribution < -0.4 is 0 Å². The SMILES string of the molecule is CCC(CO)c1ccc2c(c1)CCC2. The highest BCUT2D eigenvalue weighted by molar-refractivity contribution is 5.36. The molecule has 1 nitrogen and oxygen atoms in total. The van der Waals surface area contributed by atoms with Gasteiger partial charge in [0.1, 0.15) is 0 Å². The van der Waals surface area contributed by atoms with E-state index in [0.717, 1.165) is 6.42 Å². The van der Waals surface area contributed by atoms with Crippen LogP contribution in [0.1, 0.15) is 42.4 Å². The summed E-state index contributed by atoms with van der Waals surface area (Å²) in [6, 6.07) is 6.73. The van der Waals surface area contributed by atoms with Gasteiger partial charge in [-0.3, -0.25) is 0 Å². The minimum atomic E-state index is 0.273. The molecule has 0 heterocycles. The first-order valence-electron chi connectivity index (χ1n) is 5.57. The van der Waals surface area contributed by atoms with Gasteiger partial charge in [0.2, 0.25) is 0 Å². The average Bonchev–Trinajstić information content (AvgIpc) is 2.66. The van der Waals surface area contributed by atoms with Crippen molar-refractivity contribution in [2.24, 2.45) is 0 Å². The van der Waals surface area contributed by atoms with Gasteiger partial charge in [-0.25, -0.2) is 0 Å². The molecule has 0 fully saturated rings. The molecule has 1 heteroatoms. The molecule has 0 aromatic heterocycles. The second-order valence-corrected chi connectivity index (χ2v) is 4.17. The lowest BCUT2D eigenvalue weighted by Crippen LogP contribution is -2.03. The van der Waals surface area contributed by atoms with E-state index in [9.17, 15) is 5.11 Å². The fourth-order valence-corrected chi connectivity index (χ4v) is 2.32. The van der Waals surface area contributed by atoms with Crippen molar-refractivity contribution in [3.05, 3.63) is 34.9 Å². The molecule has 1 aliphatic rings. The van der Waals surface area contributed by atoms with Crippen LogP contribution in [0.15, 0.2) is 18.2 Å². The Kier molecular flexibility index (Phi) is 2.87. The molecule has 0 spiro atoms. The summed E-state index contributed by atoms with van der Waals surface area (Å²) in [7, 11) is 0. The smallest absolute Gasteiger partial charge is 0.0499 e. The van der Waals surface area contributed by atoms with Crippen LogP contribution >= 0.6 is 0 Å². The summed E-state index contributed by atoms with van der Waals surface area (Å²) >= 11 is 0. The number of aliphatic hydroxyl groups is 1. The highest BCUT2D eigenvalue weighted by Crippen LogP contribution is 2.27. The normalized spacial score (nSPS) is 16.7. The van der Waals surface area contributed by atoms with Crippen LogP contribution in [0.25, 0.3) is 0 Å². The highest BCUT2D eigenvalue weighted by atomic mass is 16.3. The van der Waals surface area contributed by atoms with Gasteiger partial charge in [-0.2, -0.15) is 0 Å². The van der Waals surface area contributed by atoms with Crippen LogP contribution in [0.4, 0.5) is 0 Å². The molecule has 0 saturated carbocycles. The van der Waals surface area contributed by atoms with E-state index in [2.05, 4.69) is 25.1 Å². The Bertz CT molecular complexity index is 313. The molecule has 1 unspecified atom stereocenters. The average molecular weight is 190 g/mol. The van der Waals surface area contributed by atoms with Gasteiger partial charge < -0.3 is 5.11 Å². The number of benzene rings is 1. The van der Waals surface area contributed by atoms with Gasteiger partial charge in [-0.15, -0.1) is 0 Å². The van der Waals surface area contributed by atoms with Gasteiger partial charge in [-0.1, -0.05) is 25.1 Å². The van der Waals surface area contributed by atoms with Crippen molar-refractivity contribution in [2.45, 2.75) is 38.5 Å². The Morgan fingerprint density at radius 1 is 1.29 bits per heavy atom. The van der Waals surface area contributed by atoms with Crippen LogP contribution in [0.3, 0.4) is 0 Å². The second-order valence-electron chi connectivity index (χ2n) is 4.17. The lowest BCUT2D eigenvalue weighted by Gasteiger charge is -2.13. The summed E-state index contributed by atoms with van der Waals surface area (Å²) < 4.78 is 0. The molecule has 0 radical (unpaired) electrons. The summed E-state index contributed by atoms with van der Waals surface area (Å²) in [5, 5.41) is 9.23. The summed E-state index contributed by atoms with van der Waals surface area (Å²) in [6.07, 6.45) is 4.79. The molecular weight excluding hydrogens is 172 g/mol. The second kappa shape index (κ2) is 4.14. The maximum absolute atomic E-state index is 9.23. The van der Waals surface area contributed by atoms with Crippen LogP contribution in [-0.4, -0.2) is 11.7 Å². The van der Waals surface area contributed by atoms with Gasteiger partial charge in [0.25, 0.3) is 0 Å². The molecule has 0 saturated heterocycles. The Labute approximate surface area is 85.8 Å². The first kappa shape index (κ1) is 9.72. The van der Waals surface area contributed by atoms with Crippen LogP contribution in [0.2, 0.25) is 0 Å². The summed E-state index contributed by atoms with van der Waals surface area (Å²) in [5.41, 5.74) is 4.34. The molecule has 1 aromatic rings. The number of rotatable bonds is 3. The number of hydrogen-bond donors (Lipinski definition) is 1. The van der Waals surface area contributed by atoms with E-state index in [1.54, 1.807) is 0 Å². The van der Waals surface area contributed by atoms with Crippen molar-refractivity contribution in [2.75, 3.05) is 6.61 Å². The Hall–Kier alpha value is -0.820. The zero-order valence-electron chi connectivity index (χ0n) is 8.79. The fourth-order valence-electron chi connectivity index (χ4n) is 2.32. The Morgan fingerprint density at radius 3 is 2.79 bits per heavy atom. The third kappa shape index (κ3) is 1.69. The van der Waals surface area contributed by atoms with Gasteiger partial charge in [0, 0.05) is 12.5 Å². The monoisotopic (exact) mass is 190 g/mol. The topological polar surface area (TPSA) is 20.2 Å². The largest absolute Gasteiger partial charge is 0.396 e. The molecule has 0 amide bonds. The maximum Gasteiger partial charge on any atom is 0.0499 e. The Morgan fingerprint density at radius 2 is 2.07 bits per heavy atom. The third-order valence-electron chi connectivity index (χ3n) is 3.31. The predicted molar refractivity (Wildman–Crippen MR) is 58.6 cm³/mol. The standard InChI is InChI=1S/C13H18O/c1-2-10(9-14)13-7-6-11-4-3-5-12(11)8-13/h6-8,10,14H,2-5,9H2,1H3. The van der Waals surface area contributed by atoms with Crippen molar-refractivity contribution >= 4 is 0 Å². The van der Waals surface area contributed by atoms with Crippen molar-refractivity contribution in [1.29, 1.82) is 0 Å². The zero-order valence-corrected chi connectivity index (χ0v) is 8.79. The van der Waals surface area contributed by atoms with Crippen molar-refractivity contribution in [1.82, 2.24) is 0 Å². The van der Waals surface area contributed by atoms with E-state index in [1.165, 1.54) is 36.0 Å². The number of aliphatic hydroxyl groups excluding tert-OH is 1. The first-order valence-corrected chi connectivity index (χ1v) is 5.57. The number of hydrogen-bond acceptors (Lipinski definition) is 1. The maximum atomic E-state index is 9.23. The number of fused-ring (bicyclic) bond motifs is 1. The highest BCUT2D eigenvalue weighted by Gasteiger charge is 2.14. The van der Waals surface area contributed by atoms with E-state index in [0.29, 0.717) is 5.92 Å². The van der Waals surface area contributed by atoms with Gasteiger partial charge in [0.05, 0.1) is 0 Å². The van der Waals surface area contributed by atoms with Gasteiger partial charge >= 0.3 is 0 Å². The van der Waals surface area contributed by atoms with E-state index >= 15 is 0 Å². The van der Waals surface area contributed by atoms with Crippen LogP contribution in [0.5, 0.6) is 0 Å². The minimum absolute atomic E-state index is 0.273. The molecular formula is C13H18O. The van der Waals surface area contributed by atoms with Crippen molar-refractivity contribution in [3.63, 3.8) is 0 Å². The molecule has 1 N–H and O–H groups in total. The van der Waals surface area contributed by atoms with Crippen LogP contribution in [-0.2, 0) is 12.8 Å². The summed E-state index contributed by atoms with van der Waals surface area (Å²) in [5.74, 6) is 0.334. The molecule has 1 aliphatic carbocycles. The van der Waals surface area contributed by atoms with Crippen molar-refractivity contribution in [3.8, 4) is 0 Å². The quantitative estimate of drug-likeness (QED) is 0.777. The van der Waals surface area contributed by atoms with Crippen molar-refractivity contribution < 1.29 is 5.11 Å². The molecule has 76 valence electrons. The fraction of sp³-hybridized carbons (Fsp3) is 0.538. The third-order valence-corrected chi connectivity index (χ3v) is 3.31. The Balaban J connectivity index is 2.27. The molecule has 2 rings (SSSR count). The van der Waals surface area contributed by atoms with Gasteiger partial charge in [-0.05, 0) is 42.4 Å². The minimum Gasteiger partial charge on any atom is -0.396 e. The van der Waals surface area contributed by atoms with E-state index < -0.39 is 0 Å². The lowest BCUT2D eigenvalue weighted by molar-refractivity contribution is 0.262. The van der Waals surface area contributed by atoms with E-state index in [4.69, 9.17) is 0 Å². The first-order chi connectivity index (χ1) is 6.85. The predicted octanol–water partition coefficient (Wildman–Crippen LogP) is 2.66. The zero-order chi connectivity index (χ0) is 9.97.